The van der Waals surface area contributed by atoms with Crippen LogP contribution in [0.4, 0.5) is 18.0 Å². The zero-order valence-corrected chi connectivity index (χ0v) is 11.9. The highest BCUT2D eigenvalue weighted by molar-refractivity contribution is 8.00. The van der Waals surface area contributed by atoms with Crippen LogP contribution in [0.1, 0.15) is 25.7 Å². The first kappa shape index (κ1) is 16.1. The summed E-state index contributed by atoms with van der Waals surface area (Å²) in [5.41, 5.74) is -4.41. The molecule has 21 heavy (non-hydrogen) atoms. The minimum absolute atomic E-state index is 0.122. The summed E-state index contributed by atoms with van der Waals surface area (Å²) >= 11 is -0.293. The topological polar surface area (TPSA) is 66.5 Å². The molecule has 1 saturated carbocycles. The molecule has 0 aromatic carbocycles. The van der Waals surface area contributed by atoms with Gasteiger partial charge in [0.2, 0.25) is 11.8 Å². The summed E-state index contributed by atoms with van der Waals surface area (Å²) in [7, 11) is 0. The summed E-state index contributed by atoms with van der Waals surface area (Å²) < 4.78 is 36.3. The molecule has 1 atom stereocenters. The van der Waals surface area contributed by atoms with Crippen LogP contribution < -0.4 is 5.32 Å². The van der Waals surface area contributed by atoms with Crippen LogP contribution >= 0.6 is 11.8 Å². The minimum Gasteiger partial charge on any atom is -0.277 e. The SMILES string of the molecule is O=C1NC(=O)N(CCSC(F)(F)F)C(=O)C1C1CCCC1. The molecule has 1 unspecified atom stereocenters. The van der Waals surface area contributed by atoms with Crippen molar-refractivity contribution in [1.82, 2.24) is 10.2 Å². The number of hydrogen-bond donors (Lipinski definition) is 1. The molecule has 2 rings (SSSR count). The molecule has 1 N–H and O–H groups in total. The summed E-state index contributed by atoms with van der Waals surface area (Å²) in [6.07, 6.45) is 3.28. The number of carbonyl (C=O) groups excluding carboxylic acids is 3. The van der Waals surface area contributed by atoms with Crippen molar-refractivity contribution in [2.24, 2.45) is 11.8 Å². The van der Waals surface area contributed by atoms with Crippen molar-refractivity contribution in [3.8, 4) is 0 Å². The molecule has 9 heteroatoms. The zero-order valence-electron chi connectivity index (χ0n) is 11.1. The number of rotatable bonds is 4. The molecule has 0 aromatic heterocycles. The van der Waals surface area contributed by atoms with Crippen LogP contribution in [0.25, 0.3) is 0 Å². The highest BCUT2D eigenvalue weighted by atomic mass is 32.2. The Labute approximate surface area is 123 Å². The van der Waals surface area contributed by atoms with Gasteiger partial charge < -0.3 is 0 Å². The number of nitrogens with one attached hydrogen (secondary N) is 1. The van der Waals surface area contributed by atoms with E-state index in [2.05, 4.69) is 5.32 Å². The molecule has 0 aromatic rings. The van der Waals surface area contributed by atoms with E-state index in [0.29, 0.717) is 0 Å². The number of imide groups is 2. The van der Waals surface area contributed by atoms with Gasteiger partial charge in [0, 0.05) is 12.3 Å². The van der Waals surface area contributed by atoms with Gasteiger partial charge in [0.1, 0.15) is 5.92 Å². The summed E-state index contributed by atoms with van der Waals surface area (Å²) in [5, 5.41) is 2.07. The van der Waals surface area contributed by atoms with E-state index in [4.69, 9.17) is 0 Å². The third-order valence-electron chi connectivity index (χ3n) is 3.74. The number of thioether (sulfide) groups is 1. The molecule has 5 nitrogen and oxygen atoms in total. The van der Waals surface area contributed by atoms with E-state index < -0.39 is 35.0 Å². The summed E-state index contributed by atoms with van der Waals surface area (Å²) in [6.45, 7) is -0.356. The van der Waals surface area contributed by atoms with Gasteiger partial charge in [0.15, 0.2) is 0 Å². The molecule has 118 valence electrons. The van der Waals surface area contributed by atoms with Gasteiger partial charge in [0.25, 0.3) is 0 Å². The first-order chi connectivity index (χ1) is 9.79. The standard InChI is InChI=1S/C12H15F3N2O3S/c13-12(14,15)21-6-5-17-10(19)8(7-3-1-2-4-7)9(18)16-11(17)20/h7-8H,1-6H2,(H,16,18,20). The molecule has 0 bridgehead atoms. The zero-order chi connectivity index (χ0) is 15.6. The van der Waals surface area contributed by atoms with E-state index in [0.717, 1.165) is 30.6 Å². The molecular formula is C12H15F3N2O3S. The van der Waals surface area contributed by atoms with E-state index in [-0.39, 0.29) is 24.2 Å². The molecule has 4 amide bonds. The second-order valence-corrected chi connectivity index (χ2v) is 6.26. The average molecular weight is 324 g/mol. The molecule has 1 aliphatic carbocycles. The van der Waals surface area contributed by atoms with Gasteiger partial charge in [-0.05, 0) is 30.5 Å². The van der Waals surface area contributed by atoms with Crippen molar-refractivity contribution >= 4 is 29.6 Å². The van der Waals surface area contributed by atoms with Crippen LogP contribution in [0.2, 0.25) is 0 Å². The maximum absolute atomic E-state index is 12.2. The Morgan fingerprint density at radius 1 is 1.19 bits per heavy atom. The fourth-order valence-corrected chi connectivity index (χ4v) is 3.31. The Morgan fingerprint density at radius 2 is 1.81 bits per heavy atom. The lowest BCUT2D eigenvalue weighted by Crippen LogP contribution is -2.59. The van der Waals surface area contributed by atoms with Gasteiger partial charge in [-0.15, -0.1) is 0 Å². The number of halogens is 3. The molecule has 2 fully saturated rings. The number of amides is 4. The van der Waals surface area contributed by atoms with E-state index in [1.165, 1.54) is 0 Å². The van der Waals surface area contributed by atoms with E-state index >= 15 is 0 Å². The Hall–Kier alpha value is -1.25. The molecular weight excluding hydrogens is 309 g/mol. The summed E-state index contributed by atoms with van der Waals surface area (Å²) in [5.74, 6) is -2.80. The highest BCUT2D eigenvalue weighted by Gasteiger charge is 2.45. The first-order valence-electron chi connectivity index (χ1n) is 6.66. The average Bonchev–Trinajstić information content (AvgIpc) is 2.85. The molecule has 0 spiro atoms. The van der Waals surface area contributed by atoms with Crippen LogP contribution in [0.15, 0.2) is 0 Å². The monoisotopic (exact) mass is 324 g/mol. The predicted octanol–water partition coefficient (Wildman–Crippen LogP) is 2.12. The van der Waals surface area contributed by atoms with Gasteiger partial charge in [-0.3, -0.25) is 19.8 Å². The van der Waals surface area contributed by atoms with Gasteiger partial charge in [-0.25, -0.2) is 4.79 Å². The van der Waals surface area contributed by atoms with E-state index in [1.807, 2.05) is 0 Å². The molecule has 1 saturated heterocycles. The number of urea groups is 1. The fourth-order valence-electron chi connectivity index (χ4n) is 2.80. The highest BCUT2D eigenvalue weighted by Crippen LogP contribution is 2.34. The van der Waals surface area contributed by atoms with Crippen LogP contribution in [0.5, 0.6) is 0 Å². The number of carbonyl (C=O) groups is 3. The molecule has 0 radical (unpaired) electrons. The summed E-state index contributed by atoms with van der Waals surface area (Å²) in [6, 6.07) is -0.929. The third-order valence-corrected chi connectivity index (χ3v) is 4.46. The minimum atomic E-state index is -4.41. The lowest BCUT2D eigenvalue weighted by Gasteiger charge is -2.32. The quantitative estimate of drug-likeness (QED) is 0.805. The van der Waals surface area contributed by atoms with Crippen molar-refractivity contribution in [2.75, 3.05) is 12.3 Å². The smallest absolute Gasteiger partial charge is 0.277 e. The predicted molar refractivity (Wildman–Crippen MR) is 69.2 cm³/mol. The fraction of sp³-hybridized carbons (Fsp3) is 0.750. The number of nitrogens with zero attached hydrogens (tertiary/aromatic N) is 1. The number of hydrogen-bond acceptors (Lipinski definition) is 4. The van der Waals surface area contributed by atoms with Crippen LogP contribution in [0.3, 0.4) is 0 Å². The van der Waals surface area contributed by atoms with Crippen LogP contribution in [0, 0.1) is 11.8 Å². The van der Waals surface area contributed by atoms with Gasteiger partial charge >= 0.3 is 11.5 Å². The normalized spacial score (nSPS) is 24.6. The second kappa shape index (κ2) is 6.25. The number of alkyl halides is 3. The lowest BCUT2D eigenvalue weighted by atomic mass is 9.87. The van der Waals surface area contributed by atoms with Crippen molar-refractivity contribution in [3.63, 3.8) is 0 Å². The van der Waals surface area contributed by atoms with Gasteiger partial charge in [-0.1, -0.05) is 12.8 Å². The Morgan fingerprint density at radius 3 is 2.38 bits per heavy atom. The van der Waals surface area contributed by atoms with Gasteiger partial charge in [-0.2, -0.15) is 13.2 Å². The largest absolute Gasteiger partial charge is 0.441 e. The first-order valence-corrected chi connectivity index (χ1v) is 7.65. The maximum Gasteiger partial charge on any atom is 0.441 e. The molecule has 1 heterocycles. The lowest BCUT2D eigenvalue weighted by molar-refractivity contribution is -0.144. The second-order valence-electron chi connectivity index (χ2n) is 5.10. The maximum atomic E-state index is 12.2. The Bertz CT molecular complexity index is 450. The van der Waals surface area contributed by atoms with Crippen LogP contribution in [-0.2, 0) is 9.59 Å². The van der Waals surface area contributed by atoms with Crippen molar-refractivity contribution in [3.05, 3.63) is 0 Å². The van der Waals surface area contributed by atoms with Crippen LogP contribution in [-0.4, -0.2) is 40.6 Å². The molecule has 1 aliphatic heterocycles. The summed E-state index contributed by atoms with van der Waals surface area (Å²) in [4.78, 5) is 36.4. The van der Waals surface area contributed by atoms with E-state index in [9.17, 15) is 27.6 Å². The van der Waals surface area contributed by atoms with E-state index in [1.54, 1.807) is 0 Å². The van der Waals surface area contributed by atoms with Gasteiger partial charge in [0.05, 0.1) is 0 Å². The Balaban J connectivity index is 2.01. The third kappa shape index (κ3) is 3.90. The van der Waals surface area contributed by atoms with Crippen molar-refractivity contribution < 1.29 is 27.6 Å². The number of barbiturate groups is 1. The van der Waals surface area contributed by atoms with Crippen molar-refractivity contribution in [2.45, 2.75) is 31.2 Å². The Kier molecular flexibility index (Phi) is 4.80. The van der Waals surface area contributed by atoms with Crippen molar-refractivity contribution in [1.29, 1.82) is 0 Å². The molecule has 2 aliphatic rings.